The summed E-state index contributed by atoms with van der Waals surface area (Å²) >= 11 is 3.13. The van der Waals surface area contributed by atoms with Gasteiger partial charge in [0.2, 0.25) is 0 Å². The maximum absolute atomic E-state index is 12.1. The van der Waals surface area contributed by atoms with E-state index in [1.807, 2.05) is 0 Å². The molecule has 0 aliphatic carbocycles. The Kier molecular flexibility index (Phi) is 19.3. The number of aromatic hydroxyl groups is 2. The minimum atomic E-state index is -1.15. The van der Waals surface area contributed by atoms with E-state index in [4.69, 9.17) is 24.4 Å². The molecular formula is C34H47BrN2O10. The number of carboxylic acid groups (broad SMARTS) is 1. The zero-order chi connectivity index (χ0) is 36.2. The molecule has 5 N–H and O–H groups in total. The first-order valence-electron chi connectivity index (χ1n) is 14.5. The minimum absolute atomic E-state index is 0.0565. The van der Waals surface area contributed by atoms with Crippen molar-refractivity contribution in [2.75, 3.05) is 11.9 Å². The fourth-order valence-corrected chi connectivity index (χ4v) is 3.27. The summed E-state index contributed by atoms with van der Waals surface area (Å²) in [6.45, 7) is 17.3. The Hall–Kier alpha value is -4.52. The number of rotatable bonds is 11. The van der Waals surface area contributed by atoms with Crippen LogP contribution in [0.2, 0.25) is 0 Å². The quantitative estimate of drug-likeness (QED) is 0.0794. The van der Waals surface area contributed by atoms with Crippen molar-refractivity contribution in [3.8, 4) is 11.5 Å². The number of alkyl carbamates (subject to hydrolysis) is 2. The third-order valence-electron chi connectivity index (χ3n) is 5.17. The second-order valence-electron chi connectivity index (χ2n) is 11.8. The summed E-state index contributed by atoms with van der Waals surface area (Å²) in [5, 5.41) is 33.3. The van der Waals surface area contributed by atoms with E-state index < -0.39 is 47.4 Å². The van der Waals surface area contributed by atoms with E-state index in [-0.39, 0.29) is 30.9 Å². The molecule has 0 saturated heterocycles. The summed E-state index contributed by atoms with van der Waals surface area (Å²) in [5.74, 6) is -1.51. The van der Waals surface area contributed by atoms with Crippen molar-refractivity contribution in [1.82, 2.24) is 10.6 Å². The maximum Gasteiger partial charge on any atom is 0.408 e. The SMILES string of the molecule is C=CCBr.C=CCOC(=O)C(Cc1ccc(O)cc1)NC(=O)OC(C)(C)C.CC(C)(C)OC(=O)NC(Cc1ccc(O)cc1)C(=O)O. The molecule has 0 heterocycles. The highest BCUT2D eigenvalue weighted by Crippen LogP contribution is 2.14. The van der Waals surface area contributed by atoms with Crippen molar-refractivity contribution in [2.24, 2.45) is 0 Å². The molecule has 2 aromatic carbocycles. The number of ether oxygens (including phenoxy) is 3. The number of benzene rings is 2. The van der Waals surface area contributed by atoms with Crippen LogP contribution >= 0.6 is 15.9 Å². The summed E-state index contributed by atoms with van der Waals surface area (Å²) in [7, 11) is 0. The van der Waals surface area contributed by atoms with Crippen molar-refractivity contribution < 1.29 is 48.7 Å². The topological polar surface area (TPSA) is 181 Å². The van der Waals surface area contributed by atoms with Crippen LogP contribution in [0, 0.1) is 0 Å². The lowest BCUT2D eigenvalue weighted by molar-refractivity contribution is -0.145. The Balaban J connectivity index is 0.000000814. The maximum atomic E-state index is 12.1. The van der Waals surface area contributed by atoms with Crippen LogP contribution in [-0.4, -0.2) is 74.7 Å². The molecule has 0 radical (unpaired) electrons. The van der Waals surface area contributed by atoms with Gasteiger partial charge >= 0.3 is 24.1 Å². The zero-order valence-corrected chi connectivity index (χ0v) is 29.3. The fourth-order valence-electron chi connectivity index (χ4n) is 3.27. The number of aliphatic carboxylic acids is 1. The third kappa shape index (κ3) is 21.8. The van der Waals surface area contributed by atoms with Crippen LogP contribution in [0.5, 0.6) is 11.5 Å². The highest BCUT2D eigenvalue weighted by atomic mass is 79.9. The number of amides is 2. The van der Waals surface area contributed by atoms with E-state index in [9.17, 15) is 24.3 Å². The van der Waals surface area contributed by atoms with Crippen molar-refractivity contribution in [2.45, 2.75) is 77.7 Å². The van der Waals surface area contributed by atoms with Gasteiger partial charge < -0.3 is 40.2 Å². The number of phenolic OH excluding ortho intramolecular Hbond substituents is 2. The first-order chi connectivity index (χ1) is 21.8. The average molecular weight is 724 g/mol. The Morgan fingerprint density at radius 2 is 1.11 bits per heavy atom. The normalized spacial score (nSPS) is 11.8. The molecule has 47 heavy (non-hydrogen) atoms. The number of hydrogen-bond donors (Lipinski definition) is 5. The summed E-state index contributed by atoms with van der Waals surface area (Å²) < 4.78 is 15.2. The fraction of sp³-hybridized carbons (Fsp3) is 0.412. The molecular weight excluding hydrogens is 676 g/mol. The van der Waals surface area contributed by atoms with Crippen molar-refractivity contribution >= 4 is 40.1 Å². The lowest BCUT2D eigenvalue weighted by Crippen LogP contribution is -2.45. The molecule has 0 bridgehead atoms. The first kappa shape index (κ1) is 42.5. The number of hydrogen-bond acceptors (Lipinski definition) is 9. The lowest BCUT2D eigenvalue weighted by Gasteiger charge is -2.23. The molecule has 13 heteroatoms. The summed E-state index contributed by atoms with van der Waals surface area (Å²) in [5.41, 5.74) is 0.0924. The Labute approximate surface area is 284 Å². The molecule has 2 atom stereocenters. The molecule has 0 saturated carbocycles. The highest BCUT2D eigenvalue weighted by molar-refractivity contribution is 9.09. The number of carbonyl (C=O) groups excluding carboxylic acids is 3. The highest BCUT2D eigenvalue weighted by Gasteiger charge is 2.26. The van der Waals surface area contributed by atoms with Gasteiger partial charge in [-0.2, -0.15) is 0 Å². The number of esters is 1. The molecule has 2 rings (SSSR count). The molecule has 0 aliphatic rings. The summed E-state index contributed by atoms with van der Waals surface area (Å²) in [4.78, 5) is 46.7. The lowest BCUT2D eigenvalue weighted by atomic mass is 10.1. The summed E-state index contributed by atoms with van der Waals surface area (Å²) in [6.07, 6.45) is 2.09. The van der Waals surface area contributed by atoms with E-state index in [1.54, 1.807) is 71.9 Å². The van der Waals surface area contributed by atoms with Crippen molar-refractivity contribution in [3.05, 3.63) is 85.0 Å². The van der Waals surface area contributed by atoms with Crippen molar-refractivity contribution in [1.29, 1.82) is 0 Å². The molecule has 0 spiro atoms. The first-order valence-corrected chi connectivity index (χ1v) is 15.6. The van der Waals surface area contributed by atoms with E-state index in [0.29, 0.717) is 5.56 Å². The van der Waals surface area contributed by atoms with Gasteiger partial charge in [-0.25, -0.2) is 19.2 Å². The molecule has 0 aromatic heterocycles. The standard InChI is InChI=1S/C17H23NO5.C14H19NO5.C3H5Br/c1-5-10-22-15(20)14(18-16(21)23-17(2,3)4)11-12-6-8-13(19)9-7-12;1-14(2,3)20-13(19)15-11(12(17)18)8-9-4-6-10(16)7-5-9;1-2-3-4/h5-9,14,19H,1,10-11H2,2-4H3,(H,18,21);4-7,11,16H,8H2,1-3H3,(H,15,19)(H,17,18);2H,1,3H2. The van der Waals surface area contributed by atoms with E-state index >= 15 is 0 Å². The molecule has 260 valence electrons. The van der Waals surface area contributed by atoms with Gasteiger partial charge in [-0.15, -0.1) is 6.58 Å². The number of nitrogens with one attached hydrogen (secondary N) is 2. The Morgan fingerprint density at radius 1 is 0.745 bits per heavy atom. The van der Waals surface area contributed by atoms with Crippen LogP contribution in [0.3, 0.4) is 0 Å². The summed E-state index contributed by atoms with van der Waals surface area (Å²) in [6, 6.07) is 10.5. The predicted octanol–water partition coefficient (Wildman–Crippen LogP) is 6.04. The average Bonchev–Trinajstić information content (AvgIpc) is 2.96. The van der Waals surface area contributed by atoms with E-state index in [1.165, 1.54) is 30.3 Å². The number of phenols is 2. The molecule has 2 unspecified atom stereocenters. The van der Waals surface area contributed by atoms with Crippen LogP contribution in [-0.2, 0) is 36.6 Å². The predicted molar refractivity (Wildman–Crippen MR) is 183 cm³/mol. The van der Waals surface area contributed by atoms with Gasteiger partial charge in [-0.3, -0.25) is 0 Å². The van der Waals surface area contributed by atoms with Gasteiger partial charge in [0.05, 0.1) is 0 Å². The van der Waals surface area contributed by atoms with Gasteiger partial charge in [0, 0.05) is 18.2 Å². The van der Waals surface area contributed by atoms with Crippen LogP contribution in [0.15, 0.2) is 73.8 Å². The van der Waals surface area contributed by atoms with Gasteiger partial charge in [-0.1, -0.05) is 58.9 Å². The van der Waals surface area contributed by atoms with Gasteiger partial charge in [0.15, 0.2) is 0 Å². The largest absolute Gasteiger partial charge is 0.508 e. The van der Waals surface area contributed by atoms with Crippen LogP contribution in [0.25, 0.3) is 0 Å². The van der Waals surface area contributed by atoms with Crippen LogP contribution in [0.1, 0.15) is 52.7 Å². The van der Waals surface area contributed by atoms with E-state index in [2.05, 4.69) is 39.7 Å². The molecule has 2 aromatic rings. The minimum Gasteiger partial charge on any atom is -0.508 e. The van der Waals surface area contributed by atoms with Gasteiger partial charge in [-0.05, 0) is 76.9 Å². The monoisotopic (exact) mass is 722 g/mol. The molecule has 12 nitrogen and oxygen atoms in total. The van der Waals surface area contributed by atoms with Crippen LogP contribution < -0.4 is 10.6 Å². The number of halogens is 1. The molecule has 0 fully saturated rings. The number of carbonyl (C=O) groups is 4. The zero-order valence-electron chi connectivity index (χ0n) is 27.7. The number of allylic oxidation sites excluding steroid dienone is 1. The van der Waals surface area contributed by atoms with Gasteiger partial charge in [0.1, 0.15) is 41.4 Å². The second-order valence-corrected chi connectivity index (χ2v) is 12.5. The van der Waals surface area contributed by atoms with Crippen LogP contribution in [0.4, 0.5) is 9.59 Å². The third-order valence-corrected chi connectivity index (χ3v) is 5.63. The number of carboxylic acids is 1. The van der Waals surface area contributed by atoms with Crippen molar-refractivity contribution in [3.63, 3.8) is 0 Å². The Bertz CT molecular complexity index is 1280. The number of alkyl halides is 1. The van der Waals surface area contributed by atoms with E-state index in [0.717, 1.165) is 10.9 Å². The Morgan fingerprint density at radius 3 is 1.43 bits per heavy atom. The molecule has 2 amide bonds. The molecule has 0 aliphatic heterocycles. The van der Waals surface area contributed by atoms with Gasteiger partial charge in [0.25, 0.3) is 0 Å². The second kappa shape index (κ2) is 21.3. The smallest absolute Gasteiger partial charge is 0.408 e.